The first-order valence-corrected chi connectivity index (χ1v) is 5.79. The zero-order chi connectivity index (χ0) is 11.0. The van der Waals surface area contributed by atoms with E-state index in [1.54, 1.807) is 6.20 Å². The Morgan fingerprint density at radius 1 is 1.44 bits per heavy atom. The first-order valence-electron chi connectivity index (χ1n) is 5.41. The van der Waals surface area contributed by atoms with Crippen molar-refractivity contribution in [3.05, 3.63) is 23.2 Å². The molecular formula is C10H12ClN5. The van der Waals surface area contributed by atoms with Gasteiger partial charge in [-0.05, 0) is 19.4 Å². The molecular weight excluding hydrogens is 226 g/mol. The SMILES string of the molecule is Clc1cnc2nnc(C3CCCNC3)n2c1. The van der Waals surface area contributed by atoms with E-state index in [9.17, 15) is 0 Å². The van der Waals surface area contributed by atoms with Crippen LogP contribution in [0.1, 0.15) is 24.6 Å². The molecule has 2 aromatic rings. The van der Waals surface area contributed by atoms with Crippen molar-refractivity contribution in [1.29, 1.82) is 0 Å². The Balaban J connectivity index is 2.05. The van der Waals surface area contributed by atoms with E-state index in [1.807, 2.05) is 10.6 Å². The van der Waals surface area contributed by atoms with Crippen LogP contribution >= 0.6 is 11.6 Å². The quantitative estimate of drug-likeness (QED) is 0.811. The molecule has 1 N–H and O–H groups in total. The molecule has 0 aliphatic carbocycles. The standard InChI is InChI=1S/C10H12ClN5/c11-8-5-13-10-15-14-9(16(10)6-8)7-2-1-3-12-4-7/h5-7,12H,1-4H2. The summed E-state index contributed by atoms with van der Waals surface area (Å²) >= 11 is 5.93. The van der Waals surface area contributed by atoms with E-state index in [0.29, 0.717) is 16.7 Å². The summed E-state index contributed by atoms with van der Waals surface area (Å²) in [5.74, 6) is 1.98. The summed E-state index contributed by atoms with van der Waals surface area (Å²) in [7, 11) is 0. The van der Waals surface area contributed by atoms with Crippen LogP contribution in [0.4, 0.5) is 0 Å². The Morgan fingerprint density at radius 2 is 2.38 bits per heavy atom. The summed E-state index contributed by atoms with van der Waals surface area (Å²) in [4.78, 5) is 4.13. The minimum atomic E-state index is 0.406. The number of halogens is 1. The number of aromatic nitrogens is 4. The zero-order valence-corrected chi connectivity index (χ0v) is 9.48. The molecule has 1 aliphatic rings. The largest absolute Gasteiger partial charge is 0.316 e. The Morgan fingerprint density at radius 3 is 3.19 bits per heavy atom. The number of fused-ring (bicyclic) bond motifs is 1. The van der Waals surface area contributed by atoms with Crippen molar-refractivity contribution >= 4 is 17.4 Å². The molecule has 0 saturated carbocycles. The van der Waals surface area contributed by atoms with Crippen LogP contribution in [0.5, 0.6) is 0 Å². The van der Waals surface area contributed by atoms with Crippen LogP contribution in [-0.4, -0.2) is 32.7 Å². The first-order chi connectivity index (χ1) is 7.84. The van der Waals surface area contributed by atoms with Gasteiger partial charge in [0.05, 0.1) is 11.2 Å². The van der Waals surface area contributed by atoms with Gasteiger partial charge in [-0.3, -0.25) is 4.40 Å². The lowest BCUT2D eigenvalue weighted by Gasteiger charge is -2.20. The Hall–Kier alpha value is -1.20. The summed E-state index contributed by atoms with van der Waals surface area (Å²) in [5, 5.41) is 12.2. The molecule has 2 aromatic heterocycles. The minimum absolute atomic E-state index is 0.406. The second-order valence-electron chi connectivity index (χ2n) is 4.04. The van der Waals surface area contributed by atoms with Gasteiger partial charge in [0.1, 0.15) is 5.82 Å². The summed E-state index contributed by atoms with van der Waals surface area (Å²) in [5.41, 5.74) is 0. The molecule has 0 amide bonds. The normalized spacial score (nSPS) is 21.4. The van der Waals surface area contributed by atoms with E-state index in [1.165, 1.54) is 6.42 Å². The molecule has 6 heteroatoms. The van der Waals surface area contributed by atoms with Crippen molar-refractivity contribution in [1.82, 2.24) is 24.9 Å². The molecule has 0 bridgehead atoms. The van der Waals surface area contributed by atoms with Gasteiger partial charge in [0.2, 0.25) is 0 Å². The third-order valence-corrected chi connectivity index (χ3v) is 3.12. The van der Waals surface area contributed by atoms with E-state index in [0.717, 1.165) is 25.3 Å². The highest BCUT2D eigenvalue weighted by molar-refractivity contribution is 6.30. The van der Waals surface area contributed by atoms with Gasteiger partial charge in [-0.2, -0.15) is 0 Å². The van der Waals surface area contributed by atoms with E-state index in [4.69, 9.17) is 11.6 Å². The Bertz CT molecular complexity index is 503. The van der Waals surface area contributed by atoms with E-state index >= 15 is 0 Å². The number of nitrogens with one attached hydrogen (secondary N) is 1. The molecule has 1 atom stereocenters. The Kier molecular flexibility index (Phi) is 2.49. The van der Waals surface area contributed by atoms with Gasteiger partial charge in [-0.1, -0.05) is 11.6 Å². The third-order valence-electron chi connectivity index (χ3n) is 2.92. The zero-order valence-electron chi connectivity index (χ0n) is 8.73. The van der Waals surface area contributed by atoms with E-state index < -0.39 is 0 Å². The number of hydrogen-bond acceptors (Lipinski definition) is 4. The predicted molar refractivity (Wildman–Crippen MR) is 60.6 cm³/mol. The molecule has 16 heavy (non-hydrogen) atoms. The first kappa shape index (κ1) is 9.99. The van der Waals surface area contributed by atoms with Crippen LogP contribution in [0.25, 0.3) is 5.78 Å². The summed E-state index contributed by atoms with van der Waals surface area (Å²) < 4.78 is 1.89. The van der Waals surface area contributed by atoms with Crippen LogP contribution in [0, 0.1) is 0 Å². The third kappa shape index (κ3) is 1.66. The molecule has 3 heterocycles. The predicted octanol–water partition coefficient (Wildman–Crippen LogP) is 1.24. The van der Waals surface area contributed by atoms with Gasteiger partial charge in [-0.15, -0.1) is 10.2 Å². The van der Waals surface area contributed by atoms with Crippen molar-refractivity contribution < 1.29 is 0 Å². The van der Waals surface area contributed by atoms with Crippen LogP contribution in [-0.2, 0) is 0 Å². The number of nitrogens with zero attached hydrogens (tertiary/aromatic N) is 4. The highest BCUT2D eigenvalue weighted by Crippen LogP contribution is 2.22. The van der Waals surface area contributed by atoms with Crippen molar-refractivity contribution in [3.63, 3.8) is 0 Å². The fourth-order valence-electron chi connectivity index (χ4n) is 2.13. The monoisotopic (exact) mass is 237 g/mol. The van der Waals surface area contributed by atoms with Gasteiger partial charge in [0, 0.05) is 18.7 Å². The molecule has 1 fully saturated rings. The molecule has 84 valence electrons. The lowest BCUT2D eigenvalue weighted by molar-refractivity contribution is 0.444. The highest BCUT2D eigenvalue weighted by Gasteiger charge is 2.20. The van der Waals surface area contributed by atoms with Crippen LogP contribution in [0.15, 0.2) is 12.4 Å². The van der Waals surface area contributed by atoms with Gasteiger partial charge in [-0.25, -0.2) is 4.98 Å². The maximum atomic E-state index is 5.93. The van der Waals surface area contributed by atoms with Gasteiger partial charge < -0.3 is 5.32 Å². The van der Waals surface area contributed by atoms with Crippen molar-refractivity contribution in [2.75, 3.05) is 13.1 Å². The molecule has 0 aromatic carbocycles. The molecule has 1 aliphatic heterocycles. The summed E-state index contributed by atoms with van der Waals surface area (Å²) in [6, 6.07) is 0. The van der Waals surface area contributed by atoms with Crippen molar-refractivity contribution in [2.24, 2.45) is 0 Å². The van der Waals surface area contributed by atoms with E-state index in [2.05, 4.69) is 20.5 Å². The topological polar surface area (TPSA) is 55.1 Å². The summed E-state index contributed by atoms with van der Waals surface area (Å²) in [6.07, 6.45) is 5.73. The molecule has 3 rings (SSSR count). The fourth-order valence-corrected chi connectivity index (χ4v) is 2.28. The van der Waals surface area contributed by atoms with Crippen molar-refractivity contribution in [3.8, 4) is 0 Å². The number of hydrogen-bond donors (Lipinski definition) is 1. The van der Waals surface area contributed by atoms with Crippen LogP contribution in [0.2, 0.25) is 5.02 Å². The van der Waals surface area contributed by atoms with Crippen LogP contribution in [0.3, 0.4) is 0 Å². The Labute approximate surface area is 97.8 Å². The number of rotatable bonds is 1. The molecule has 0 spiro atoms. The maximum Gasteiger partial charge on any atom is 0.255 e. The summed E-state index contributed by atoms with van der Waals surface area (Å²) in [6.45, 7) is 2.04. The maximum absolute atomic E-state index is 5.93. The lowest BCUT2D eigenvalue weighted by Crippen LogP contribution is -2.29. The second-order valence-corrected chi connectivity index (χ2v) is 4.48. The number of piperidine rings is 1. The molecule has 5 nitrogen and oxygen atoms in total. The minimum Gasteiger partial charge on any atom is -0.316 e. The van der Waals surface area contributed by atoms with Crippen LogP contribution < -0.4 is 5.32 Å². The average Bonchev–Trinajstić information content (AvgIpc) is 2.73. The highest BCUT2D eigenvalue weighted by atomic mass is 35.5. The smallest absolute Gasteiger partial charge is 0.255 e. The van der Waals surface area contributed by atoms with E-state index in [-0.39, 0.29) is 0 Å². The lowest BCUT2D eigenvalue weighted by atomic mass is 9.99. The van der Waals surface area contributed by atoms with Gasteiger partial charge >= 0.3 is 0 Å². The van der Waals surface area contributed by atoms with Crippen molar-refractivity contribution in [2.45, 2.75) is 18.8 Å². The second kappa shape index (κ2) is 3.99. The van der Waals surface area contributed by atoms with Gasteiger partial charge in [0.15, 0.2) is 0 Å². The van der Waals surface area contributed by atoms with Gasteiger partial charge in [0.25, 0.3) is 5.78 Å². The molecule has 0 radical (unpaired) electrons. The fraction of sp³-hybridized carbons (Fsp3) is 0.500. The molecule has 1 unspecified atom stereocenters. The molecule has 1 saturated heterocycles. The average molecular weight is 238 g/mol.